The van der Waals surface area contributed by atoms with E-state index in [-0.39, 0.29) is 30.7 Å². The van der Waals surface area contributed by atoms with Crippen molar-refractivity contribution in [1.82, 2.24) is 10.3 Å². The molecule has 0 aliphatic carbocycles. The molecule has 11 heteroatoms. The molecule has 2 aliphatic rings. The fourth-order valence-corrected chi connectivity index (χ4v) is 4.32. The molecule has 10 nitrogen and oxygen atoms in total. The SMILES string of the molecule is CCOc1cc(/C=N\NC(=O)[C@H]2CC(=O)N(c3ccc(Br)cc3)C2)ccc1OCC(=O)N1CCOCC1. The minimum Gasteiger partial charge on any atom is -0.490 e. The Balaban J connectivity index is 1.32. The first kappa shape index (κ1) is 26.6. The minimum atomic E-state index is -0.493. The second-order valence-corrected chi connectivity index (χ2v) is 9.45. The van der Waals surface area contributed by atoms with Crippen LogP contribution in [-0.4, -0.2) is 74.9 Å². The zero-order valence-electron chi connectivity index (χ0n) is 20.5. The normalized spacial score (nSPS) is 17.8. The molecule has 2 saturated heterocycles. The molecule has 0 radical (unpaired) electrons. The lowest BCUT2D eigenvalue weighted by atomic mass is 10.1. The molecule has 2 aliphatic heterocycles. The molecule has 196 valence electrons. The van der Waals surface area contributed by atoms with Gasteiger partial charge in [0.1, 0.15) is 0 Å². The van der Waals surface area contributed by atoms with Gasteiger partial charge in [-0.3, -0.25) is 14.4 Å². The van der Waals surface area contributed by atoms with E-state index >= 15 is 0 Å². The van der Waals surface area contributed by atoms with Crippen LogP contribution in [0.4, 0.5) is 5.69 Å². The number of ether oxygens (including phenoxy) is 3. The molecule has 0 unspecified atom stereocenters. The van der Waals surface area contributed by atoms with Crippen LogP contribution in [-0.2, 0) is 19.1 Å². The topological polar surface area (TPSA) is 110 Å². The molecule has 2 aromatic carbocycles. The highest BCUT2D eigenvalue weighted by atomic mass is 79.9. The number of rotatable bonds is 9. The molecule has 0 saturated carbocycles. The van der Waals surface area contributed by atoms with Crippen LogP contribution in [0.3, 0.4) is 0 Å². The Bertz CT molecular complexity index is 1150. The first-order valence-corrected chi connectivity index (χ1v) is 12.9. The summed E-state index contributed by atoms with van der Waals surface area (Å²) in [6.07, 6.45) is 1.62. The quantitative estimate of drug-likeness (QED) is 0.365. The summed E-state index contributed by atoms with van der Waals surface area (Å²) in [5.74, 6) is -0.109. The standard InChI is InChI=1S/C26H29BrN4O6/c1-2-36-23-13-18(3-8-22(23)37-17-25(33)30-9-11-35-12-10-30)15-28-29-26(34)19-14-24(32)31(16-19)21-6-4-20(27)5-7-21/h3-8,13,15,19H,2,9-12,14,16-17H2,1H3,(H,29,34)/b28-15-/t19-/m0/s1. The zero-order valence-corrected chi connectivity index (χ0v) is 22.1. The largest absolute Gasteiger partial charge is 0.490 e. The molecule has 0 aromatic heterocycles. The van der Waals surface area contributed by atoms with Gasteiger partial charge in [-0.25, -0.2) is 5.43 Å². The van der Waals surface area contributed by atoms with Crippen molar-refractivity contribution in [3.8, 4) is 11.5 Å². The molecule has 0 bridgehead atoms. The number of morpholine rings is 1. The average Bonchev–Trinajstić information content (AvgIpc) is 3.30. The second-order valence-electron chi connectivity index (χ2n) is 8.54. The number of hydrogen-bond donors (Lipinski definition) is 1. The molecule has 2 fully saturated rings. The number of hydrogen-bond acceptors (Lipinski definition) is 7. The Morgan fingerprint density at radius 1 is 1.14 bits per heavy atom. The van der Waals surface area contributed by atoms with Crippen LogP contribution in [0.15, 0.2) is 52.0 Å². The summed E-state index contributed by atoms with van der Waals surface area (Å²) in [4.78, 5) is 40.7. The maximum atomic E-state index is 12.6. The number of benzene rings is 2. The Labute approximate surface area is 223 Å². The summed E-state index contributed by atoms with van der Waals surface area (Å²) in [6.45, 7) is 4.63. The van der Waals surface area contributed by atoms with Crippen molar-refractivity contribution >= 4 is 45.6 Å². The van der Waals surface area contributed by atoms with Gasteiger partial charge in [0.25, 0.3) is 5.91 Å². The third-order valence-corrected chi connectivity index (χ3v) is 6.53. The second kappa shape index (κ2) is 12.7. The molecule has 2 aromatic rings. The van der Waals surface area contributed by atoms with Gasteiger partial charge in [0.05, 0.1) is 32.0 Å². The Morgan fingerprint density at radius 2 is 1.89 bits per heavy atom. The monoisotopic (exact) mass is 572 g/mol. The molecular formula is C26H29BrN4O6. The molecule has 3 amide bonds. The van der Waals surface area contributed by atoms with E-state index in [0.717, 1.165) is 10.2 Å². The van der Waals surface area contributed by atoms with Crippen molar-refractivity contribution < 1.29 is 28.6 Å². The highest BCUT2D eigenvalue weighted by molar-refractivity contribution is 9.10. The first-order valence-electron chi connectivity index (χ1n) is 12.1. The molecule has 1 N–H and O–H groups in total. The summed E-state index contributed by atoms with van der Waals surface area (Å²) >= 11 is 3.38. The van der Waals surface area contributed by atoms with Gasteiger partial charge >= 0.3 is 0 Å². The molecule has 2 heterocycles. The van der Waals surface area contributed by atoms with E-state index in [1.54, 1.807) is 28.0 Å². The summed E-state index contributed by atoms with van der Waals surface area (Å²) in [6, 6.07) is 12.6. The molecule has 0 spiro atoms. The number of nitrogens with one attached hydrogen (secondary N) is 1. The molecule has 37 heavy (non-hydrogen) atoms. The first-order chi connectivity index (χ1) is 17.9. The van der Waals surface area contributed by atoms with Gasteiger partial charge in [-0.05, 0) is 55.0 Å². The van der Waals surface area contributed by atoms with Gasteiger partial charge in [0.2, 0.25) is 11.8 Å². The predicted molar refractivity (Wildman–Crippen MR) is 141 cm³/mol. The third kappa shape index (κ3) is 7.07. The van der Waals surface area contributed by atoms with Crippen molar-refractivity contribution in [3.63, 3.8) is 0 Å². The summed E-state index contributed by atoms with van der Waals surface area (Å²) in [5.41, 5.74) is 3.96. The number of anilines is 1. The van der Waals surface area contributed by atoms with E-state index < -0.39 is 5.92 Å². The highest BCUT2D eigenvalue weighted by Gasteiger charge is 2.35. The predicted octanol–water partition coefficient (Wildman–Crippen LogP) is 2.59. The number of halogens is 1. The smallest absolute Gasteiger partial charge is 0.260 e. The maximum Gasteiger partial charge on any atom is 0.260 e. The number of carbonyl (C=O) groups is 3. The minimum absolute atomic E-state index is 0.0963. The van der Waals surface area contributed by atoms with E-state index in [1.165, 1.54) is 6.21 Å². The van der Waals surface area contributed by atoms with Crippen LogP contribution in [0.2, 0.25) is 0 Å². The average molecular weight is 573 g/mol. The van der Waals surface area contributed by atoms with Crippen molar-refractivity contribution in [2.75, 3.05) is 51.0 Å². The van der Waals surface area contributed by atoms with Crippen molar-refractivity contribution in [3.05, 3.63) is 52.5 Å². The zero-order chi connectivity index (χ0) is 26.2. The van der Waals surface area contributed by atoms with E-state index in [9.17, 15) is 14.4 Å². The van der Waals surface area contributed by atoms with E-state index in [4.69, 9.17) is 14.2 Å². The van der Waals surface area contributed by atoms with Crippen LogP contribution in [0, 0.1) is 5.92 Å². The maximum absolute atomic E-state index is 12.6. The number of nitrogens with zero attached hydrogens (tertiary/aromatic N) is 3. The molecule has 4 rings (SSSR count). The molecular weight excluding hydrogens is 544 g/mol. The van der Waals surface area contributed by atoms with Crippen LogP contribution >= 0.6 is 15.9 Å². The Kier molecular flexibility index (Phi) is 9.13. The Morgan fingerprint density at radius 3 is 2.62 bits per heavy atom. The van der Waals surface area contributed by atoms with Gasteiger partial charge in [-0.2, -0.15) is 5.10 Å². The van der Waals surface area contributed by atoms with Crippen molar-refractivity contribution in [2.45, 2.75) is 13.3 Å². The van der Waals surface area contributed by atoms with E-state index in [1.807, 2.05) is 31.2 Å². The van der Waals surface area contributed by atoms with Crippen LogP contribution < -0.4 is 19.8 Å². The van der Waals surface area contributed by atoms with E-state index in [2.05, 4.69) is 26.5 Å². The lowest BCUT2D eigenvalue weighted by molar-refractivity contribution is -0.137. The van der Waals surface area contributed by atoms with Gasteiger partial charge in [0.15, 0.2) is 18.1 Å². The summed E-state index contributed by atoms with van der Waals surface area (Å²) in [5, 5.41) is 4.06. The van der Waals surface area contributed by atoms with Gasteiger partial charge in [-0.1, -0.05) is 15.9 Å². The number of hydrazone groups is 1. The van der Waals surface area contributed by atoms with E-state index in [0.29, 0.717) is 56.5 Å². The van der Waals surface area contributed by atoms with Crippen LogP contribution in [0.5, 0.6) is 11.5 Å². The lowest BCUT2D eigenvalue weighted by Gasteiger charge is -2.26. The van der Waals surface area contributed by atoms with Crippen molar-refractivity contribution in [2.24, 2.45) is 11.0 Å². The fourth-order valence-electron chi connectivity index (χ4n) is 4.05. The lowest BCUT2D eigenvalue weighted by Crippen LogP contribution is -2.43. The highest BCUT2D eigenvalue weighted by Crippen LogP contribution is 2.29. The summed E-state index contributed by atoms with van der Waals surface area (Å²) in [7, 11) is 0. The van der Waals surface area contributed by atoms with Gasteiger partial charge in [-0.15, -0.1) is 0 Å². The van der Waals surface area contributed by atoms with Gasteiger partial charge < -0.3 is 24.0 Å². The number of amides is 3. The summed E-state index contributed by atoms with van der Waals surface area (Å²) < 4.78 is 17.6. The number of carbonyl (C=O) groups excluding carboxylic acids is 3. The van der Waals surface area contributed by atoms with Crippen LogP contribution in [0.25, 0.3) is 0 Å². The fraction of sp³-hybridized carbons (Fsp3) is 0.385. The van der Waals surface area contributed by atoms with Crippen molar-refractivity contribution in [1.29, 1.82) is 0 Å². The van der Waals surface area contributed by atoms with Gasteiger partial charge in [0, 0.05) is 36.2 Å². The Hall–Kier alpha value is -3.44. The third-order valence-electron chi connectivity index (χ3n) is 6.01. The molecule has 1 atom stereocenters. The van der Waals surface area contributed by atoms with Crippen LogP contribution in [0.1, 0.15) is 18.9 Å².